The Morgan fingerprint density at radius 3 is 2.35 bits per heavy atom. The van der Waals surface area contributed by atoms with Crippen LogP contribution in [0.15, 0.2) is 12.1 Å². The van der Waals surface area contributed by atoms with Crippen molar-refractivity contribution in [3.05, 3.63) is 34.9 Å². The van der Waals surface area contributed by atoms with Crippen LogP contribution in [0.25, 0.3) is 0 Å². The Morgan fingerprint density at radius 1 is 1.30 bits per heavy atom. The molecule has 0 saturated heterocycles. The quantitative estimate of drug-likeness (QED) is 0.686. The number of alkyl halides is 2. The van der Waals surface area contributed by atoms with Gasteiger partial charge >= 0.3 is 11.9 Å². The zero-order valence-electron chi connectivity index (χ0n) is 11.1. The van der Waals surface area contributed by atoms with Gasteiger partial charge in [0.15, 0.2) is 5.60 Å². The topological polar surface area (TPSA) is 46.5 Å². The summed E-state index contributed by atoms with van der Waals surface area (Å²) in [6.45, 7) is 2.72. The second-order valence-corrected chi connectivity index (χ2v) is 4.45. The molecule has 1 unspecified atom stereocenters. The Balaban J connectivity index is 3.35. The first-order valence-electron chi connectivity index (χ1n) is 5.79. The first-order valence-corrected chi connectivity index (χ1v) is 5.79. The molecule has 0 bridgehead atoms. The molecule has 20 heavy (non-hydrogen) atoms. The van der Waals surface area contributed by atoms with Gasteiger partial charge in [-0.15, -0.1) is 0 Å². The van der Waals surface area contributed by atoms with Crippen LogP contribution in [0.3, 0.4) is 0 Å². The number of aliphatic hydroxyl groups is 1. The van der Waals surface area contributed by atoms with Crippen LogP contribution in [0.5, 0.6) is 0 Å². The number of hydrogen-bond acceptors (Lipinski definition) is 3. The number of carbonyl (C=O) groups is 1. The van der Waals surface area contributed by atoms with Crippen molar-refractivity contribution < 1.29 is 32.2 Å². The van der Waals surface area contributed by atoms with Gasteiger partial charge in [-0.2, -0.15) is 8.78 Å². The molecule has 3 nitrogen and oxygen atoms in total. The van der Waals surface area contributed by atoms with Crippen LogP contribution in [0.2, 0.25) is 0 Å². The van der Waals surface area contributed by atoms with Crippen molar-refractivity contribution in [1.82, 2.24) is 0 Å². The zero-order valence-corrected chi connectivity index (χ0v) is 11.1. The Morgan fingerprint density at radius 2 is 1.85 bits per heavy atom. The van der Waals surface area contributed by atoms with Crippen molar-refractivity contribution in [2.45, 2.75) is 32.3 Å². The molecule has 1 aromatic carbocycles. The van der Waals surface area contributed by atoms with E-state index in [9.17, 15) is 27.5 Å². The van der Waals surface area contributed by atoms with Crippen molar-refractivity contribution in [3.63, 3.8) is 0 Å². The number of ether oxygens (including phenoxy) is 1. The van der Waals surface area contributed by atoms with Crippen molar-refractivity contribution in [2.24, 2.45) is 0 Å². The lowest BCUT2D eigenvalue weighted by atomic mass is 9.88. The number of carbonyl (C=O) groups excluding carboxylic acids is 1. The highest BCUT2D eigenvalue weighted by Gasteiger charge is 2.58. The fourth-order valence-corrected chi connectivity index (χ4v) is 1.61. The van der Waals surface area contributed by atoms with E-state index in [2.05, 4.69) is 4.74 Å². The van der Waals surface area contributed by atoms with E-state index in [1.807, 2.05) is 0 Å². The third-order valence-corrected chi connectivity index (χ3v) is 2.92. The highest BCUT2D eigenvalue weighted by atomic mass is 19.3. The number of rotatable bonds is 4. The second kappa shape index (κ2) is 5.40. The molecule has 0 amide bonds. The molecular formula is C13H14F4O3. The summed E-state index contributed by atoms with van der Waals surface area (Å²) in [5.41, 5.74) is -4.36. The molecule has 0 aliphatic rings. The van der Waals surface area contributed by atoms with Crippen molar-refractivity contribution in [3.8, 4) is 0 Å². The number of halogens is 4. The fourth-order valence-electron chi connectivity index (χ4n) is 1.61. The lowest BCUT2D eigenvalue weighted by Gasteiger charge is -2.31. The van der Waals surface area contributed by atoms with Crippen LogP contribution < -0.4 is 0 Å². The standard InChI is InChI=1S/C13H14F4O3/c1-4-20-11(18)13(16,17)12(3,19)8-6-9(14)7(2)5-10(8)15/h5-6,19H,4H2,1-3H3. The fraction of sp³-hybridized carbons (Fsp3) is 0.462. The summed E-state index contributed by atoms with van der Waals surface area (Å²) in [6.07, 6.45) is 0. The summed E-state index contributed by atoms with van der Waals surface area (Å²) in [6, 6.07) is 1.11. The maximum atomic E-state index is 13.9. The summed E-state index contributed by atoms with van der Waals surface area (Å²) in [5.74, 6) is -8.64. The van der Waals surface area contributed by atoms with Crippen molar-refractivity contribution in [2.75, 3.05) is 6.61 Å². The lowest BCUT2D eigenvalue weighted by Crippen LogP contribution is -2.50. The van der Waals surface area contributed by atoms with Crippen LogP contribution in [-0.2, 0) is 15.1 Å². The largest absolute Gasteiger partial charge is 0.461 e. The highest BCUT2D eigenvalue weighted by Crippen LogP contribution is 2.40. The molecule has 0 aliphatic carbocycles. The van der Waals surface area contributed by atoms with Crippen LogP contribution in [0, 0.1) is 18.6 Å². The van der Waals surface area contributed by atoms with Gasteiger partial charge in [-0.25, -0.2) is 13.6 Å². The average Bonchev–Trinajstić information content (AvgIpc) is 2.33. The molecule has 0 spiro atoms. The number of hydrogen-bond donors (Lipinski definition) is 1. The molecule has 1 atom stereocenters. The van der Waals surface area contributed by atoms with Gasteiger partial charge in [0, 0.05) is 5.56 Å². The molecule has 0 saturated carbocycles. The normalized spacial score (nSPS) is 14.8. The minimum absolute atomic E-state index is 0.110. The van der Waals surface area contributed by atoms with Gasteiger partial charge in [-0.1, -0.05) is 0 Å². The van der Waals surface area contributed by atoms with Gasteiger partial charge in [0.05, 0.1) is 6.61 Å². The van der Waals surface area contributed by atoms with E-state index in [1.54, 1.807) is 0 Å². The Labute approximate surface area is 113 Å². The Kier molecular flexibility index (Phi) is 4.43. The Bertz CT molecular complexity index is 527. The van der Waals surface area contributed by atoms with Gasteiger partial charge in [-0.3, -0.25) is 0 Å². The zero-order chi connectivity index (χ0) is 15.7. The van der Waals surface area contributed by atoms with Gasteiger partial charge in [-0.05, 0) is 38.5 Å². The molecule has 1 aromatic rings. The molecule has 1 N–H and O–H groups in total. The van der Waals surface area contributed by atoms with Crippen LogP contribution in [-0.4, -0.2) is 23.6 Å². The minimum Gasteiger partial charge on any atom is -0.461 e. The summed E-state index contributed by atoms with van der Waals surface area (Å²) < 4.78 is 59.0. The van der Waals surface area contributed by atoms with Crippen LogP contribution in [0.4, 0.5) is 17.6 Å². The molecule has 0 fully saturated rings. The third kappa shape index (κ3) is 2.63. The highest BCUT2D eigenvalue weighted by molar-refractivity contribution is 5.79. The summed E-state index contributed by atoms with van der Waals surface area (Å²) in [7, 11) is 0. The maximum absolute atomic E-state index is 13.9. The molecule has 0 aliphatic heterocycles. The van der Waals surface area contributed by atoms with E-state index >= 15 is 0 Å². The van der Waals surface area contributed by atoms with E-state index in [1.165, 1.54) is 13.8 Å². The maximum Gasteiger partial charge on any atom is 0.380 e. The van der Waals surface area contributed by atoms with Crippen molar-refractivity contribution >= 4 is 5.97 Å². The SMILES string of the molecule is CCOC(=O)C(F)(F)C(C)(O)c1cc(F)c(C)cc1F. The van der Waals surface area contributed by atoms with E-state index in [-0.39, 0.29) is 12.2 Å². The first kappa shape index (κ1) is 16.4. The molecular weight excluding hydrogens is 280 g/mol. The molecule has 112 valence electrons. The summed E-state index contributed by atoms with van der Waals surface area (Å²) in [5, 5.41) is 9.85. The smallest absolute Gasteiger partial charge is 0.380 e. The summed E-state index contributed by atoms with van der Waals surface area (Å²) >= 11 is 0. The van der Waals surface area contributed by atoms with E-state index in [0.717, 1.165) is 0 Å². The number of benzene rings is 1. The third-order valence-electron chi connectivity index (χ3n) is 2.92. The summed E-state index contributed by atoms with van der Waals surface area (Å²) in [4.78, 5) is 11.2. The van der Waals surface area contributed by atoms with E-state index in [4.69, 9.17) is 0 Å². The van der Waals surface area contributed by atoms with E-state index in [0.29, 0.717) is 19.1 Å². The number of esters is 1. The first-order chi connectivity index (χ1) is 9.05. The molecule has 7 heteroatoms. The molecule has 0 radical (unpaired) electrons. The van der Waals surface area contributed by atoms with Gasteiger partial charge in [0.2, 0.25) is 0 Å². The molecule has 1 rings (SSSR count). The number of aryl methyl sites for hydroxylation is 1. The van der Waals surface area contributed by atoms with Crippen molar-refractivity contribution in [1.29, 1.82) is 0 Å². The minimum atomic E-state index is -4.43. The van der Waals surface area contributed by atoms with Gasteiger partial charge in [0.25, 0.3) is 0 Å². The van der Waals surface area contributed by atoms with Crippen LogP contribution >= 0.6 is 0 Å². The van der Waals surface area contributed by atoms with Gasteiger partial charge < -0.3 is 9.84 Å². The van der Waals surface area contributed by atoms with Gasteiger partial charge in [0.1, 0.15) is 11.6 Å². The second-order valence-electron chi connectivity index (χ2n) is 4.45. The van der Waals surface area contributed by atoms with E-state index < -0.39 is 34.7 Å². The lowest BCUT2D eigenvalue weighted by molar-refractivity contribution is -0.213. The molecule has 0 heterocycles. The average molecular weight is 294 g/mol. The van der Waals surface area contributed by atoms with Crippen LogP contribution in [0.1, 0.15) is 25.0 Å². The predicted molar refractivity (Wildman–Crippen MR) is 62.2 cm³/mol. The molecule has 0 aromatic heterocycles. The Hall–Kier alpha value is -1.63. The predicted octanol–water partition coefficient (Wildman–Crippen LogP) is 2.68. The monoisotopic (exact) mass is 294 g/mol.